The molecule has 19 rings (SSSR count). The SMILES string of the molecule is [C-]#[N+]c1cc(C#N)cc(-c2ccc3c(c2)c2cc(-c4cc(C#N)cc(C#N)c4)ccc2n3-c2cccc(-c3nc(-c4ccccc4)nc(-c4ccccc4)n3)c2-c2cccc(-c3c(-c4nc(-c5ccccc5)nc(-c5ccccc5)n4)cccc3-n3c4ccc(-c5cc(C#N)cc([N+]#[C-])c5)cc4c4cc(-c5cc([N+]#[C-])cc([N+]#[C-])c5)ccc43)c2)c1. The highest BCUT2D eigenvalue weighted by atomic mass is 15.1. The van der Waals surface area contributed by atoms with E-state index in [0.717, 1.165) is 122 Å². The largest absolute Gasteiger partial charge is 0.309 e. The molecule has 0 saturated heterocycles. The van der Waals surface area contributed by atoms with Gasteiger partial charge in [0.15, 0.2) is 57.7 Å². The predicted molar refractivity (Wildman–Crippen MR) is 471 cm³/mol. The number of benzene rings is 15. The van der Waals surface area contributed by atoms with Gasteiger partial charge in [-0.2, -0.15) is 21.0 Å². The minimum atomic E-state index is 0.318. The van der Waals surface area contributed by atoms with E-state index in [1.54, 1.807) is 72.8 Å². The molecule has 0 amide bonds. The van der Waals surface area contributed by atoms with Gasteiger partial charge in [0.1, 0.15) is 0 Å². The summed E-state index contributed by atoms with van der Waals surface area (Å²) >= 11 is 0. The van der Waals surface area contributed by atoms with E-state index < -0.39 is 0 Å². The highest BCUT2D eigenvalue weighted by Crippen LogP contribution is 2.49. The third-order valence-electron chi connectivity index (χ3n) is 21.5. The Hall–Kier alpha value is -18.2. The van der Waals surface area contributed by atoms with Crippen LogP contribution in [0.3, 0.4) is 0 Å². The molecule has 0 bridgehead atoms. The lowest BCUT2D eigenvalue weighted by Crippen LogP contribution is -2.05. The first-order valence-corrected chi connectivity index (χ1v) is 38.0. The lowest BCUT2D eigenvalue weighted by molar-refractivity contribution is 1.07. The van der Waals surface area contributed by atoms with Gasteiger partial charge >= 0.3 is 0 Å². The summed E-state index contributed by atoms with van der Waals surface area (Å²) in [6.07, 6.45) is 0. The van der Waals surface area contributed by atoms with Gasteiger partial charge in [0, 0.05) is 77.2 Å². The lowest BCUT2D eigenvalue weighted by Gasteiger charge is -2.21. The van der Waals surface area contributed by atoms with Gasteiger partial charge in [-0.15, -0.1) is 0 Å². The molecule has 4 aromatic heterocycles. The van der Waals surface area contributed by atoms with Crippen molar-refractivity contribution in [1.29, 1.82) is 21.0 Å². The molecule has 550 valence electrons. The molecule has 0 saturated carbocycles. The maximum absolute atomic E-state index is 10.3. The summed E-state index contributed by atoms with van der Waals surface area (Å²) in [5, 5.41) is 44.6. The fourth-order valence-electron chi connectivity index (χ4n) is 16.0. The highest BCUT2D eigenvalue weighted by Gasteiger charge is 2.28. The minimum Gasteiger partial charge on any atom is -0.309 e. The molecule has 0 unspecified atom stereocenters. The van der Waals surface area contributed by atoms with Crippen molar-refractivity contribution in [2.75, 3.05) is 0 Å². The summed E-state index contributed by atoms with van der Waals surface area (Å²) in [7, 11) is 0. The molecule has 19 aromatic rings. The maximum Gasteiger partial charge on any atom is 0.189 e. The molecule has 0 aliphatic carbocycles. The summed E-state index contributed by atoms with van der Waals surface area (Å²) in [5.41, 5.74) is 20.3. The van der Waals surface area contributed by atoms with Gasteiger partial charge in [0.05, 0.1) is 95.1 Å². The summed E-state index contributed by atoms with van der Waals surface area (Å²) in [6.45, 7) is 32.3. The topological polar surface area (TPSA) is 200 Å². The molecule has 0 fully saturated rings. The molecular weight excluding hydrogens is 1470 g/mol. The Morgan fingerprint density at radius 2 is 0.483 bits per heavy atom. The zero-order chi connectivity index (χ0) is 81.5. The number of hydrogen-bond donors (Lipinski definition) is 0. The van der Waals surface area contributed by atoms with Gasteiger partial charge in [-0.1, -0.05) is 206 Å². The van der Waals surface area contributed by atoms with E-state index in [0.29, 0.717) is 113 Å². The third-order valence-corrected chi connectivity index (χ3v) is 21.5. The smallest absolute Gasteiger partial charge is 0.189 e. The van der Waals surface area contributed by atoms with Crippen molar-refractivity contribution in [1.82, 2.24) is 39.0 Å². The Labute approximate surface area is 688 Å². The van der Waals surface area contributed by atoms with Crippen molar-refractivity contribution in [2.24, 2.45) is 0 Å². The lowest BCUT2D eigenvalue weighted by atomic mass is 9.91. The Morgan fingerprint density at radius 3 is 0.792 bits per heavy atom. The van der Waals surface area contributed by atoms with Crippen LogP contribution in [0.1, 0.15) is 22.3 Å². The van der Waals surface area contributed by atoms with Crippen molar-refractivity contribution >= 4 is 66.4 Å². The molecule has 15 aromatic carbocycles. The van der Waals surface area contributed by atoms with E-state index in [1.165, 1.54) is 0 Å². The second-order valence-electron chi connectivity index (χ2n) is 28.6. The molecule has 0 radical (unpaired) electrons. The number of rotatable bonds is 14. The Kier molecular flexibility index (Phi) is 18.3. The average molecular weight is 1530 g/mol. The van der Waals surface area contributed by atoms with Crippen LogP contribution in [0.25, 0.3) is 209 Å². The van der Waals surface area contributed by atoms with Gasteiger partial charge in [-0.05, 0) is 177 Å². The Bertz CT molecular complexity index is 6910. The summed E-state index contributed by atoms with van der Waals surface area (Å²) in [4.78, 5) is 47.4. The van der Waals surface area contributed by atoms with Crippen LogP contribution in [0.4, 0.5) is 22.7 Å². The van der Waals surface area contributed by atoms with Crippen molar-refractivity contribution in [3.8, 4) is 171 Å². The molecule has 0 aliphatic rings. The van der Waals surface area contributed by atoms with E-state index in [2.05, 4.69) is 138 Å². The van der Waals surface area contributed by atoms with Crippen LogP contribution in [-0.2, 0) is 0 Å². The quantitative estimate of drug-likeness (QED) is 0.0943. The van der Waals surface area contributed by atoms with Crippen LogP contribution in [0.5, 0.6) is 0 Å². The number of nitrogens with zero attached hydrogens (tertiary/aromatic N) is 16. The molecule has 16 heteroatoms. The standard InChI is InChI=1S/C104H54N16/c1-109-81-47-65(61-107)45-78(50-81)72-35-39-92-88(55-72)87-54-71(77-43-63(59-105)42-64(44-77)60-106)34-38-91(87)119(92)95-32-18-30-85(103-115-99(67-20-9-5-10-21-67)113-100(116-103)68-22-11-6-12-23-68)97(95)75-28-17-29-76(49-75)98-86(104-117-101(69-24-13-7-14-25-69)114-102(118-104)70-26-15-8-16-27-70)31-19-33-96(98)120-93-40-36-73(79-46-66(62-108)48-82(51-79)110-2)56-89(93)90-57-74(37-41-94(90)120)80-52-83(111-3)58-84(53-80)112-4/h5-58H. The summed E-state index contributed by atoms with van der Waals surface area (Å²) in [5.74, 6) is 2.55. The third kappa shape index (κ3) is 13.2. The van der Waals surface area contributed by atoms with Crippen LogP contribution in [0, 0.1) is 71.6 Å². The van der Waals surface area contributed by atoms with Gasteiger partial charge in [0.2, 0.25) is 0 Å². The van der Waals surface area contributed by atoms with Gasteiger partial charge in [0.25, 0.3) is 0 Å². The predicted octanol–water partition coefficient (Wildman–Crippen LogP) is 25.9. The molecule has 120 heavy (non-hydrogen) atoms. The molecule has 0 spiro atoms. The second-order valence-corrected chi connectivity index (χ2v) is 28.6. The second kappa shape index (κ2) is 30.4. The van der Waals surface area contributed by atoms with Crippen LogP contribution < -0.4 is 0 Å². The average Bonchev–Trinajstić information content (AvgIpc) is 1.55. The van der Waals surface area contributed by atoms with Crippen LogP contribution in [0.2, 0.25) is 0 Å². The van der Waals surface area contributed by atoms with Crippen LogP contribution in [0.15, 0.2) is 328 Å². The van der Waals surface area contributed by atoms with E-state index in [1.807, 2.05) is 170 Å². The molecule has 16 nitrogen and oxygen atoms in total. The van der Waals surface area contributed by atoms with Gasteiger partial charge in [-0.25, -0.2) is 49.3 Å². The van der Waals surface area contributed by atoms with E-state index in [4.69, 9.17) is 56.2 Å². The van der Waals surface area contributed by atoms with Gasteiger partial charge in [-0.3, -0.25) is 0 Å². The maximum atomic E-state index is 10.3. The molecule has 0 atom stereocenters. The zero-order valence-electron chi connectivity index (χ0n) is 63.3. The van der Waals surface area contributed by atoms with Crippen LogP contribution >= 0.6 is 0 Å². The molecular formula is C104H54N16. The van der Waals surface area contributed by atoms with E-state index in [-0.39, 0.29) is 0 Å². The summed E-state index contributed by atoms with van der Waals surface area (Å²) < 4.78 is 4.49. The van der Waals surface area contributed by atoms with Crippen LogP contribution in [-0.4, -0.2) is 39.0 Å². The normalized spacial score (nSPS) is 10.9. The minimum absolute atomic E-state index is 0.318. The fraction of sp³-hybridized carbons (Fsp3) is 0. The van der Waals surface area contributed by atoms with E-state index >= 15 is 0 Å². The van der Waals surface area contributed by atoms with Gasteiger partial charge < -0.3 is 9.13 Å². The fourth-order valence-corrected chi connectivity index (χ4v) is 16.0. The first-order chi connectivity index (χ1) is 59.0. The number of hydrogen-bond acceptors (Lipinski definition) is 10. The monoisotopic (exact) mass is 1530 g/mol. The highest BCUT2D eigenvalue weighted by molar-refractivity contribution is 6.15. The first kappa shape index (κ1) is 72.1. The van der Waals surface area contributed by atoms with Crippen molar-refractivity contribution < 1.29 is 0 Å². The van der Waals surface area contributed by atoms with Crippen molar-refractivity contribution in [3.63, 3.8) is 0 Å². The van der Waals surface area contributed by atoms with E-state index in [9.17, 15) is 21.0 Å². The Balaban J connectivity index is 0.925. The summed E-state index contributed by atoms with van der Waals surface area (Å²) in [6, 6.07) is 114. The molecule has 0 aliphatic heterocycles. The van der Waals surface area contributed by atoms with Crippen molar-refractivity contribution in [3.05, 3.63) is 396 Å². The number of nitriles is 4. The zero-order valence-corrected chi connectivity index (χ0v) is 63.3. The molecule has 4 heterocycles. The number of aromatic nitrogens is 8. The first-order valence-electron chi connectivity index (χ1n) is 38.0. The number of fused-ring (bicyclic) bond motifs is 6. The Morgan fingerprint density at radius 1 is 0.217 bits per heavy atom. The molecule has 0 N–H and O–H groups in total. The van der Waals surface area contributed by atoms with Crippen molar-refractivity contribution in [2.45, 2.75) is 0 Å².